The topological polar surface area (TPSA) is 54.7 Å². The van der Waals surface area contributed by atoms with Gasteiger partial charge in [-0.15, -0.1) is 0 Å². The highest BCUT2D eigenvalue weighted by Gasteiger charge is 2.16. The van der Waals surface area contributed by atoms with E-state index in [-0.39, 0.29) is 11.6 Å². The van der Waals surface area contributed by atoms with E-state index in [1.165, 1.54) is 0 Å². The molecule has 0 saturated heterocycles. The number of anilines is 1. The molecule has 3 nitrogen and oxygen atoms in total. The molecule has 1 heterocycles. The Morgan fingerprint density at radius 1 is 1.13 bits per heavy atom. The number of nitrogens with zero attached hydrogens (tertiary/aromatic N) is 1. The van der Waals surface area contributed by atoms with E-state index in [9.17, 15) is 13.2 Å². The van der Waals surface area contributed by atoms with Crippen molar-refractivity contribution in [3.8, 4) is 11.3 Å². The third-order valence-corrected chi connectivity index (χ3v) is 1.91. The zero-order valence-electron chi connectivity index (χ0n) is 7.39. The van der Waals surface area contributed by atoms with Gasteiger partial charge in [0.25, 0.3) is 0 Å². The van der Waals surface area contributed by atoms with E-state index in [1.807, 2.05) is 0 Å². The Morgan fingerprint density at radius 2 is 1.80 bits per heavy atom. The van der Waals surface area contributed by atoms with Gasteiger partial charge < -0.3 is 10.7 Å². The van der Waals surface area contributed by atoms with Crippen molar-refractivity contribution in [3.63, 3.8) is 0 Å². The minimum Gasteiger partial charge on any atom is -0.369 e. The van der Waals surface area contributed by atoms with Crippen molar-refractivity contribution in [1.29, 1.82) is 0 Å². The Kier molecular flexibility index (Phi) is 2.11. The summed E-state index contributed by atoms with van der Waals surface area (Å²) in [6.07, 6.45) is 1.14. The van der Waals surface area contributed by atoms with Crippen LogP contribution in [-0.2, 0) is 0 Å². The van der Waals surface area contributed by atoms with Gasteiger partial charge >= 0.3 is 0 Å². The van der Waals surface area contributed by atoms with Crippen molar-refractivity contribution in [1.82, 2.24) is 9.97 Å². The van der Waals surface area contributed by atoms with E-state index < -0.39 is 23.0 Å². The van der Waals surface area contributed by atoms with Crippen molar-refractivity contribution in [2.75, 3.05) is 5.73 Å². The highest BCUT2D eigenvalue weighted by molar-refractivity contribution is 5.61. The van der Waals surface area contributed by atoms with Gasteiger partial charge in [0.1, 0.15) is 5.82 Å². The van der Waals surface area contributed by atoms with Crippen molar-refractivity contribution in [2.24, 2.45) is 0 Å². The summed E-state index contributed by atoms with van der Waals surface area (Å²) >= 11 is 0. The monoisotopic (exact) mass is 213 g/mol. The number of aromatic amines is 1. The van der Waals surface area contributed by atoms with Crippen LogP contribution in [0.1, 0.15) is 0 Å². The molecule has 2 aromatic rings. The number of benzene rings is 1. The Hall–Kier alpha value is -1.98. The fourth-order valence-electron chi connectivity index (χ4n) is 1.24. The zero-order valence-corrected chi connectivity index (χ0v) is 7.39. The van der Waals surface area contributed by atoms with Crippen molar-refractivity contribution >= 4 is 5.95 Å². The van der Waals surface area contributed by atoms with Crippen molar-refractivity contribution in [3.05, 3.63) is 35.8 Å². The van der Waals surface area contributed by atoms with Gasteiger partial charge in [-0.3, -0.25) is 0 Å². The summed E-state index contributed by atoms with van der Waals surface area (Å²) in [6, 6.07) is 1.55. The highest BCUT2D eigenvalue weighted by Crippen LogP contribution is 2.26. The number of hydrogen-bond donors (Lipinski definition) is 2. The third-order valence-electron chi connectivity index (χ3n) is 1.91. The summed E-state index contributed by atoms with van der Waals surface area (Å²) in [5.74, 6) is -3.26. The van der Waals surface area contributed by atoms with Crippen LogP contribution in [0, 0.1) is 17.5 Å². The number of nitrogen functional groups attached to an aromatic ring is 1. The number of nitrogens with two attached hydrogens (primary N) is 1. The van der Waals surface area contributed by atoms with E-state index in [0.29, 0.717) is 6.07 Å². The zero-order chi connectivity index (χ0) is 11.0. The molecule has 0 radical (unpaired) electrons. The van der Waals surface area contributed by atoms with Crippen LogP contribution in [0.2, 0.25) is 0 Å². The predicted molar refractivity (Wildman–Crippen MR) is 48.3 cm³/mol. The molecule has 6 heteroatoms. The molecule has 15 heavy (non-hydrogen) atoms. The molecule has 0 fully saturated rings. The fraction of sp³-hybridized carbons (Fsp3) is 0. The first-order chi connectivity index (χ1) is 7.09. The second-order valence-corrected chi connectivity index (χ2v) is 2.90. The van der Waals surface area contributed by atoms with Gasteiger partial charge in [-0.05, 0) is 12.1 Å². The fourth-order valence-corrected chi connectivity index (χ4v) is 1.24. The van der Waals surface area contributed by atoms with Gasteiger partial charge in [-0.2, -0.15) is 0 Å². The molecule has 2 rings (SSSR count). The smallest absolute Gasteiger partial charge is 0.197 e. The number of H-pyrrole nitrogens is 1. The lowest BCUT2D eigenvalue weighted by Gasteiger charge is -2.02. The van der Waals surface area contributed by atoms with Crippen LogP contribution in [-0.4, -0.2) is 9.97 Å². The van der Waals surface area contributed by atoms with Crippen LogP contribution in [0.4, 0.5) is 19.1 Å². The van der Waals surface area contributed by atoms with Crippen LogP contribution in [0.15, 0.2) is 18.3 Å². The summed E-state index contributed by atoms with van der Waals surface area (Å²) in [7, 11) is 0. The Balaban J connectivity index is 2.66. The Bertz CT molecular complexity index is 507. The summed E-state index contributed by atoms with van der Waals surface area (Å²) < 4.78 is 39.3. The van der Waals surface area contributed by atoms with E-state index in [4.69, 9.17) is 5.73 Å². The molecule has 0 amide bonds. The van der Waals surface area contributed by atoms with Crippen LogP contribution in [0.3, 0.4) is 0 Å². The summed E-state index contributed by atoms with van der Waals surface area (Å²) in [4.78, 5) is 5.99. The first kappa shape index (κ1) is 9.57. The second-order valence-electron chi connectivity index (χ2n) is 2.90. The number of hydrogen-bond acceptors (Lipinski definition) is 2. The summed E-state index contributed by atoms with van der Waals surface area (Å²) in [6.45, 7) is 0. The predicted octanol–water partition coefficient (Wildman–Crippen LogP) is 2.08. The average molecular weight is 213 g/mol. The number of aromatic nitrogens is 2. The Morgan fingerprint density at radius 3 is 2.40 bits per heavy atom. The van der Waals surface area contributed by atoms with E-state index in [2.05, 4.69) is 9.97 Å². The molecule has 0 aliphatic heterocycles. The van der Waals surface area contributed by atoms with E-state index in [1.54, 1.807) is 0 Å². The van der Waals surface area contributed by atoms with Crippen molar-refractivity contribution < 1.29 is 13.2 Å². The molecule has 78 valence electrons. The molecule has 0 aliphatic carbocycles. The van der Waals surface area contributed by atoms with E-state index >= 15 is 0 Å². The first-order valence-corrected chi connectivity index (χ1v) is 4.04. The molecule has 3 N–H and O–H groups in total. The molecule has 1 aromatic carbocycles. The molecule has 0 saturated carbocycles. The lowest BCUT2D eigenvalue weighted by Crippen LogP contribution is -1.94. The van der Waals surface area contributed by atoms with Crippen LogP contribution in [0.5, 0.6) is 0 Å². The molecule has 0 spiro atoms. The lowest BCUT2D eigenvalue weighted by atomic mass is 10.1. The minimum atomic E-state index is -1.27. The normalized spacial score (nSPS) is 10.6. The second kappa shape index (κ2) is 3.30. The van der Waals surface area contributed by atoms with Gasteiger partial charge in [-0.25, -0.2) is 18.2 Å². The molecule has 0 unspecified atom stereocenters. The number of imidazole rings is 1. The molecule has 0 aliphatic rings. The van der Waals surface area contributed by atoms with Crippen LogP contribution < -0.4 is 5.73 Å². The molecule has 0 atom stereocenters. The maximum absolute atomic E-state index is 13.3. The Labute approximate surface area is 82.8 Å². The first-order valence-electron chi connectivity index (χ1n) is 4.04. The third kappa shape index (κ3) is 1.54. The summed E-state index contributed by atoms with van der Waals surface area (Å²) in [5, 5.41) is 0. The number of halogens is 3. The molecule has 0 bridgehead atoms. The molecular formula is C9H6F3N3. The molecular weight excluding hydrogens is 207 g/mol. The SMILES string of the molecule is Nc1ncc(-c2c(F)ccc(F)c2F)[nH]1. The average Bonchev–Trinajstić information content (AvgIpc) is 2.59. The van der Waals surface area contributed by atoms with Gasteiger partial charge in [0.15, 0.2) is 17.6 Å². The van der Waals surface area contributed by atoms with Gasteiger partial charge in [-0.1, -0.05) is 0 Å². The summed E-state index contributed by atoms with van der Waals surface area (Å²) in [5.41, 5.74) is 4.75. The largest absolute Gasteiger partial charge is 0.369 e. The number of rotatable bonds is 1. The van der Waals surface area contributed by atoms with Crippen LogP contribution >= 0.6 is 0 Å². The van der Waals surface area contributed by atoms with Gasteiger partial charge in [0, 0.05) is 0 Å². The lowest BCUT2D eigenvalue weighted by molar-refractivity contribution is 0.498. The van der Waals surface area contributed by atoms with Gasteiger partial charge in [0.2, 0.25) is 0 Å². The maximum atomic E-state index is 13.3. The standard InChI is InChI=1S/C9H6F3N3/c10-4-1-2-5(11)8(12)7(4)6-3-14-9(13)15-6/h1-3H,(H3,13,14,15). The number of nitrogens with one attached hydrogen (secondary N) is 1. The van der Waals surface area contributed by atoms with Crippen molar-refractivity contribution in [2.45, 2.75) is 0 Å². The minimum absolute atomic E-state index is 0.00185. The maximum Gasteiger partial charge on any atom is 0.197 e. The molecule has 1 aromatic heterocycles. The van der Waals surface area contributed by atoms with E-state index in [0.717, 1.165) is 12.3 Å². The highest BCUT2D eigenvalue weighted by atomic mass is 19.2. The quantitative estimate of drug-likeness (QED) is 0.712. The van der Waals surface area contributed by atoms with Crippen LogP contribution in [0.25, 0.3) is 11.3 Å². The van der Waals surface area contributed by atoms with Gasteiger partial charge in [0.05, 0.1) is 17.5 Å².